The van der Waals surface area contributed by atoms with Gasteiger partial charge in [-0.25, -0.2) is 0 Å². The molecule has 34 heavy (non-hydrogen) atoms. The van der Waals surface area contributed by atoms with Crippen molar-refractivity contribution < 1.29 is 9.53 Å². The van der Waals surface area contributed by atoms with Crippen molar-refractivity contribution in [3.8, 4) is 0 Å². The second-order valence-electron chi connectivity index (χ2n) is 10.7. The third-order valence-electron chi connectivity index (χ3n) is 6.98. The molecule has 2 aromatic heterocycles. The average Bonchev–Trinajstić information content (AvgIpc) is 2.76. The van der Waals surface area contributed by atoms with Crippen molar-refractivity contribution in [2.24, 2.45) is 5.41 Å². The second kappa shape index (κ2) is 10.3. The molecule has 1 saturated heterocycles. The fourth-order valence-electron chi connectivity index (χ4n) is 4.88. The lowest BCUT2D eigenvalue weighted by Crippen LogP contribution is -2.53. The van der Waals surface area contributed by atoms with Crippen molar-refractivity contribution in [1.29, 1.82) is 0 Å². The highest BCUT2D eigenvalue weighted by atomic mass is 16.5. The standard InChI is InChI=1S/C27H39N3O4/c1-18(2)22-20(4)11-14-29(25(22)32)13-10-19(3)21-9-8-12-30(24(21)31)17-27(5,6)23-26(33)28(7)15-16-34-23/h8-9,11-12,14,18-19,23H,10,13,15-17H2,1-7H3. The second-order valence-corrected chi connectivity index (χ2v) is 10.7. The van der Waals surface area contributed by atoms with E-state index >= 15 is 0 Å². The van der Waals surface area contributed by atoms with Crippen LogP contribution in [0.25, 0.3) is 0 Å². The van der Waals surface area contributed by atoms with Crippen LogP contribution in [0.2, 0.25) is 0 Å². The maximum Gasteiger partial charge on any atom is 0.254 e. The van der Waals surface area contributed by atoms with E-state index in [1.54, 1.807) is 27.3 Å². The minimum absolute atomic E-state index is 0.0162. The van der Waals surface area contributed by atoms with Crippen LogP contribution in [-0.4, -0.2) is 46.2 Å². The number of likely N-dealkylation sites (N-methyl/N-ethyl adjacent to an activating group) is 1. The summed E-state index contributed by atoms with van der Waals surface area (Å²) in [6, 6.07) is 5.74. The van der Waals surface area contributed by atoms with Gasteiger partial charge in [-0.1, -0.05) is 40.7 Å². The number of carbonyl (C=O) groups is 1. The number of aryl methyl sites for hydroxylation is 2. The fraction of sp³-hybridized carbons (Fsp3) is 0.593. The Kier molecular flexibility index (Phi) is 7.86. The van der Waals surface area contributed by atoms with E-state index in [1.807, 2.05) is 65.9 Å². The predicted molar refractivity (Wildman–Crippen MR) is 134 cm³/mol. The predicted octanol–water partition coefficient (Wildman–Crippen LogP) is 3.52. The molecule has 2 unspecified atom stereocenters. The van der Waals surface area contributed by atoms with Gasteiger partial charge in [0.15, 0.2) is 0 Å². The molecule has 1 aliphatic rings. The van der Waals surface area contributed by atoms with Gasteiger partial charge >= 0.3 is 0 Å². The number of morpholine rings is 1. The number of amides is 1. The summed E-state index contributed by atoms with van der Waals surface area (Å²) in [4.78, 5) is 40.6. The molecule has 0 spiro atoms. The Balaban J connectivity index is 1.77. The van der Waals surface area contributed by atoms with Crippen LogP contribution in [0, 0.1) is 12.3 Å². The van der Waals surface area contributed by atoms with Gasteiger partial charge in [-0.2, -0.15) is 0 Å². The molecule has 3 rings (SSSR count). The Labute approximate surface area is 202 Å². The van der Waals surface area contributed by atoms with E-state index in [-0.39, 0.29) is 28.9 Å². The summed E-state index contributed by atoms with van der Waals surface area (Å²) in [5.74, 6) is 0.109. The normalized spacial score (nSPS) is 17.9. The minimum atomic E-state index is -0.581. The van der Waals surface area contributed by atoms with E-state index in [9.17, 15) is 14.4 Å². The number of pyridine rings is 2. The number of carbonyl (C=O) groups excluding carboxylic acids is 1. The summed E-state index contributed by atoms with van der Waals surface area (Å²) in [6.45, 7) is 14.0. The zero-order valence-corrected chi connectivity index (χ0v) is 21.6. The molecular weight excluding hydrogens is 430 g/mol. The van der Waals surface area contributed by atoms with Crippen molar-refractivity contribution in [2.45, 2.75) is 79.0 Å². The molecule has 0 bridgehead atoms. The smallest absolute Gasteiger partial charge is 0.254 e. The molecule has 3 heterocycles. The van der Waals surface area contributed by atoms with Crippen LogP contribution in [0.4, 0.5) is 0 Å². The van der Waals surface area contributed by atoms with Crippen molar-refractivity contribution in [3.63, 3.8) is 0 Å². The number of hydrogen-bond donors (Lipinski definition) is 0. The monoisotopic (exact) mass is 469 g/mol. The maximum absolute atomic E-state index is 13.3. The fourth-order valence-corrected chi connectivity index (χ4v) is 4.88. The Morgan fingerprint density at radius 1 is 1.06 bits per heavy atom. The lowest BCUT2D eigenvalue weighted by Gasteiger charge is -2.39. The highest BCUT2D eigenvalue weighted by Gasteiger charge is 2.40. The van der Waals surface area contributed by atoms with Crippen molar-refractivity contribution in [2.75, 3.05) is 20.2 Å². The van der Waals surface area contributed by atoms with Crippen LogP contribution < -0.4 is 11.1 Å². The van der Waals surface area contributed by atoms with E-state index in [2.05, 4.69) is 0 Å². The molecule has 186 valence electrons. The summed E-state index contributed by atoms with van der Waals surface area (Å²) in [5.41, 5.74) is 2.04. The highest BCUT2D eigenvalue weighted by molar-refractivity contribution is 5.82. The number of ether oxygens (including phenoxy) is 1. The summed E-state index contributed by atoms with van der Waals surface area (Å²) in [5, 5.41) is 0. The zero-order chi connectivity index (χ0) is 25.2. The first-order valence-corrected chi connectivity index (χ1v) is 12.2. The third kappa shape index (κ3) is 5.35. The number of nitrogens with zero attached hydrogens (tertiary/aromatic N) is 3. The molecule has 2 atom stereocenters. The van der Waals surface area contributed by atoms with Gasteiger partial charge in [-0.15, -0.1) is 0 Å². The molecule has 0 aliphatic carbocycles. The Bertz CT molecular complexity index is 1150. The maximum atomic E-state index is 13.3. The molecule has 0 aromatic carbocycles. The van der Waals surface area contributed by atoms with Gasteiger partial charge in [0.25, 0.3) is 17.0 Å². The Morgan fingerprint density at radius 2 is 1.76 bits per heavy atom. The molecule has 0 saturated carbocycles. The van der Waals surface area contributed by atoms with Gasteiger partial charge < -0.3 is 18.8 Å². The van der Waals surface area contributed by atoms with Crippen molar-refractivity contribution >= 4 is 5.91 Å². The van der Waals surface area contributed by atoms with Gasteiger partial charge in [-0.05, 0) is 42.9 Å². The van der Waals surface area contributed by atoms with Crippen LogP contribution >= 0.6 is 0 Å². The molecule has 7 heteroatoms. The SMILES string of the molecule is Cc1ccn(CCC(C)c2cccn(CC(C)(C)C3OCCN(C)C3=O)c2=O)c(=O)c1C(C)C. The number of hydrogen-bond acceptors (Lipinski definition) is 4. The summed E-state index contributed by atoms with van der Waals surface area (Å²) < 4.78 is 9.25. The summed E-state index contributed by atoms with van der Waals surface area (Å²) in [6.07, 6.45) is 3.72. The van der Waals surface area contributed by atoms with Gasteiger partial charge in [0.1, 0.15) is 6.10 Å². The first-order chi connectivity index (χ1) is 15.9. The number of aromatic nitrogens is 2. The first kappa shape index (κ1) is 25.9. The number of rotatable bonds is 8. The van der Waals surface area contributed by atoms with Crippen molar-refractivity contribution in [1.82, 2.24) is 14.0 Å². The molecule has 1 amide bonds. The topological polar surface area (TPSA) is 73.5 Å². The molecule has 0 N–H and O–H groups in total. The van der Waals surface area contributed by atoms with E-state index in [4.69, 9.17) is 4.74 Å². The van der Waals surface area contributed by atoms with Gasteiger partial charge in [0, 0.05) is 55.6 Å². The minimum Gasteiger partial charge on any atom is -0.366 e. The van der Waals surface area contributed by atoms with Crippen LogP contribution in [0.1, 0.15) is 69.6 Å². The van der Waals surface area contributed by atoms with E-state index < -0.39 is 11.5 Å². The lowest BCUT2D eigenvalue weighted by atomic mass is 9.84. The largest absolute Gasteiger partial charge is 0.366 e. The van der Waals surface area contributed by atoms with E-state index in [1.165, 1.54) is 0 Å². The van der Waals surface area contributed by atoms with Gasteiger partial charge in [0.05, 0.1) is 6.61 Å². The van der Waals surface area contributed by atoms with E-state index in [0.717, 1.165) is 16.7 Å². The van der Waals surface area contributed by atoms with E-state index in [0.29, 0.717) is 32.7 Å². The van der Waals surface area contributed by atoms with Crippen LogP contribution in [0.15, 0.2) is 40.2 Å². The third-order valence-corrected chi connectivity index (χ3v) is 6.98. The quantitative estimate of drug-likeness (QED) is 0.593. The molecule has 7 nitrogen and oxygen atoms in total. The highest BCUT2D eigenvalue weighted by Crippen LogP contribution is 2.29. The average molecular weight is 470 g/mol. The lowest BCUT2D eigenvalue weighted by molar-refractivity contribution is -0.162. The van der Waals surface area contributed by atoms with Crippen LogP contribution in [0.5, 0.6) is 0 Å². The molecule has 2 aromatic rings. The molecule has 1 aliphatic heterocycles. The summed E-state index contributed by atoms with van der Waals surface area (Å²) in [7, 11) is 1.78. The molecule has 0 radical (unpaired) electrons. The van der Waals surface area contributed by atoms with Crippen molar-refractivity contribution in [3.05, 3.63) is 68.0 Å². The molecular formula is C27H39N3O4. The van der Waals surface area contributed by atoms with Crippen LogP contribution in [0.3, 0.4) is 0 Å². The molecule has 1 fully saturated rings. The Morgan fingerprint density at radius 3 is 2.44 bits per heavy atom. The summed E-state index contributed by atoms with van der Waals surface area (Å²) >= 11 is 0. The van der Waals surface area contributed by atoms with Gasteiger partial charge in [-0.3, -0.25) is 14.4 Å². The van der Waals surface area contributed by atoms with Crippen LogP contribution in [-0.2, 0) is 22.6 Å². The Hall–Kier alpha value is -2.67. The van der Waals surface area contributed by atoms with Gasteiger partial charge in [0.2, 0.25) is 0 Å². The first-order valence-electron chi connectivity index (χ1n) is 12.2. The zero-order valence-electron chi connectivity index (χ0n) is 21.6.